The lowest BCUT2D eigenvalue weighted by molar-refractivity contribution is 0.108. The van der Waals surface area contributed by atoms with Gasteiger partial charge in [-0.1, -0.05) is 55.0 Å². The molecule has 2 fully saturated rings. The molecule has 3 nitrogen and oxygen atoms in total. The molecule has 1 N–H and O–H groups in total. The molecule has 1 unspecified atom stereocenters. The highest BCUT2D eigenvalue weighted by atomic mass is 16.7. The van der Waals surface area contributed by atoms with E-state index in [0.29, 0.717) is 18.6 Å². The van der Waals surface area contributed by atoms with Gasteiger partial charge in [0.25, 0.3) is 5.95 Å². The third kappa shape index (κ3) is 2.15. The van der Waals surface area contributed by atoms with E-state index in [1.807, 2.05) is 0 Å². The maximum atomic E-state index is 6.29. The quantitative estimate of drug-likeness (QED) is 0.737. The number of benzene rings is 2. The molecule has 3 aliphatic rings. The third-order valence-corrected chi connectivity index (χ3v) is 5.32. The lowest BCUT2D eigenvalue weighted by Crippen LogP contribution is -2.44. The molecule has 2 atom stereocenters. The van der Waals surface area contributed by atoms with Gasteiger partial charge in [0, 0.05) is 6.04 Å². The van der Waals surface area contributed by atoms with E-state index in [1.54, 1.807) is 0 Å². The van der Waals surface area contributed by atoms with Crippen molar-refractivity contribution in [1.29, 1.82) is 0 Å². The van der Waals surface area contributed by atoms with Gasteiger partial charge in [0.1, 0.15) is 6.61 Å². The Morgan fingerprint density at radius 1 is 0.833 bits per heavy atom. The topological polar surface area (TPSA) is 30.5 Å². The second-order valence-electron chi connectivity index (χ2n) is 6.78. The Morgan fingerprint density at radius 3 is 2.12 bits per heavy atom. The Morgan fingerprint density at radius 2 is 1.50 bits per heavy atom. The number of ether oxygens (including phenoxy) is 2. The van der Waals surface area contributed by atoms with Crippen LogP contribution in [0.4, 0.5) is 0 Å². The molecular formula is C21H21NO2. The molecule has 122 valence electrons. The van der Waals surface area contributed by atoms with Crippen molar-refractivity contribution in [3.05, 3.63) is 65.6 Å². The van der Waals surface area contributed by atoms with E-state index in [9.17, 15) is 0 Å². The smallest absolute Gasteiger partial charge is 0.288 e. The standard InChI is InChI=1S/C21H21NO2/c1-3-9-16-14(7-1)15-8-2-4-10-17(15)20(16)21-23-13-19(24-21)18-11-5-6-12-22-18/h1-4,7-10,18-19,22H,5-6,11-13H2/t18?,19-/m0/s1. The van der Waals surface area contributed by atoms with Crippen molar-refractivity contribution in [3.63, 3.8) is 0 Å². The van der Waals surface area contributed by atoms with Crippen molar-refractivity contribution in [2.45, 2.75) is 31.4 Å². The van der Waals surface area contributed by atoms with E-state index in [1.165, 1.54) is 41.5 Å². The van der Waals surface area contributed by atoms with Crippen molar-refractivity contribution in [2.24, 2.45) is 0 Å². The largest absolute Gasteiger partial charge is 0.461 e. The van der Waals surface area contributed by atoms with Crippen molar-refractivity contribution in [2.75, 3.05) is 13.2 Å². The molecule has 0 bridgehead atoms. The van der Waals surface area contributed by atoms with Crippen molar-refractivity contribution in [3.8, 4) is 11.1 Å². The fourth-order valence-electron chi connectivity index (χ4n) is 4.13. The van der Waals surface area contributed by atoms with Crippen LogP contribution in [-0.2, 0) is 9.47 Å². The molecule has 0 radical (unpaired) electrons. The zero-order valence-corrected chi connectivity index (χ0v) is 13.6. The zero-order valence-electron chi connectivity index (χ0n) is 13.6. The molecule has 0 aromatic heterocycles. The summed E-state index contributed by atoms with van der Waals surface area (Å²) in [4.78, 5) is 0. The average molecular weight is 319 g/mol. The lowest BCUT2D eigenvalue weighted by Gasteiger charge is -2.26. The molecule has 3 heteroatoms. The maximum Gasteiger partial charge on any atom is 0.288 e. The number of nitrogens with one attached hydrogen (secondary N) is 1. The van der Waals surface area contributed by atoms with Gasteiger partial charge in [-0.3, -0.25) is 0 Å². The van der Waals surface area contributed by atoms with Gasteiger partial charge in [0.15, 0.2) is 6.10 Å². The predicted molar refractivity (Wildman–Crippen MR) is 94.4 cm³/mol. The van der Waals surface area contributed by atoms with Crippen LogP contribution in [0.5, 0.6) is 0 Å². The SMILES string of the molecule is c1ccc2c(c1)C(=C1OC[C@@H](C3CCCCN3)O1)c1ccccc1-2. The van der Waals surface area contributed by atoms with Crippen molar-refractivity contribution < 1.29 is 9.47 Å². The second-order valence-corrected chi connectivity index (χ2v) is 6.78. The Bertz CT molecular complexity index is 757. The van der Waals surface area contributed by atoms with Crippen molar-refractivity contribution in [1.82, 2.24) is 5.32 Å². The van der Waals surface area contributed by atoms with Crippen LogP contribution in [0.3, 0.4) is 0 Å². The van der Waals surface area contributed by atoms with E-state index in [4.69, 9.17) is 9.47 Å². The van der Waals surface area contributed by atoms with Gasteiger partial charge in [0.2, 0.25) is 0 Å². The minimum atomic E-state index is 0.118. The van der Waals surface area contributed by atoms with E-state index < -0.39 is 0 Å². The summed E-state index contributed by atoms with van der Waals surface area (Å²) in [5.74, 6) is 0.699. The number of piperidine rings is 1. The molecule has 24 heavy (non-hydrogen) atoms. The second kappa shape index (κ2) is 5.67. The minimum absolute atomic E-state index is 0.118. The van der Waals surface area contributed by atoms with Crippen molar-refractivity contribution >= 4 is 5.57 Å². The van der Waals surface area contributed by atoms with Crippen LogP contribution in [0.1, 0.15) is 30.4 Å². The number of rotatable bonds is 1. The first-order valence-electron chi connectivity index (χ1n) is 8.88. The Labute approximate surface area is 142 Å². The summed E-state index contributed by atoms with van der Waals surface area (Å²) >= 11 is 0. The summed E-state index contributed by atoms with van der Waals surface area (Å²) < 4.78 is 12.3. The number of hydrogen-bond donors (Lipinski definition) is 1. The predicted octanol–water partition coefficient (Wildman–Crippen LogP) is 3.94. The van der Waals surface area contributed by atoms with Gasteiger partial charge in [-0.15, -0.1) is 0 Å². The Kier molecular flexibility index (Phi) is 3.34. The van der Waals surface area contributed by atoms with Crippen LogP contribution >= 0.6 is 0 Å². The Hall–Kier alpha value is -2.26. The Balaban J connectivity index is 1.55. The minimum Gasteiger partial charge on any atom is -0.461 e. The summed E-state index contributed by atoms with van der Waals surface area (Å²) in [7, 11) is 0. The molecule has 5 rings (SSSR count). The number of hydrogen-bond acceptors (Lipinski definition) is 3. The fraction of sp³-hybridized carbons (Fsp3) is 0.333. The average Bonchev–Trinajstić information content (AvgIpc) is 3.25. The van der Waals surface area contributed by atoms with Gasteiger partial charge in [-0.25, -0.2) is 0 Å². The summed E-state index contributed by atoms with van der Waals surface area (Å²) in [6, 6.07) is 17.4. The molecule has 2 aromatic carbocycles. The molecule has 0 saturated carbocycles. The summed E-state index contributed by atoms with van der Waals surface area (Å²) in [6.07, 6.45) is 3.82. The van der Waals surface area contributed by atoms with Crippen LogP contribution in [0.25, 0.3) is 16.7 Å². The molecule has 2 aromatic rings. The van der Waals surface area contributed by atoms with E-state index in [2.05, 4.69) is 53.8 Å². The first-order chi connectivity index (χ1) is 11.9. The van der Waals surface area contributed by atoms with Gasteiger partial charge in [-0.2, -0.15) is 0 Å². The number of fused-ring (bicyclic) bond motifs is 3. The molecule has 2 heterocycles. The van der Waals surface area contributed by atoms with Gasteiger partial charge < -0.3 is 14.8 Å². The summed E-state index contributed by atoms with van der Waals surface area (Å²) in [5.41, 5.74) is 6.07. The molecule has 2 saturated heterocycles. The molecule has 1 aliphatic carbocycles. The van der Waals surface area contributed by atoms with Crippen LogP contribution in [0.2, 0.25) is 0 Å². The first kappa shape index (κ1) is 14.1. The summed E-state index contributed by atoms with van der Waals surface area (Å²) in [6.45, 7) is 1.73. The summed E-state index contributed by atoms with van der Waals surface area (Å²) in [5, 5.41) is 3.58. The maximum absolute atomic E-state index is 6.29. The lowest BCUT2D eigenvalue weighted by atomic mass is 10.0. The highest BCUT2D eigenvalue weighted by Gasteiger charge is 2.36. The molecule has 0 amide bonds. The van der Waals surface area contributed by atoms with E-state index >= 15 is 0 Å². The van der Waals surface area contributed by atoms with Crippen LogP contribution in [-0.4, -0.2) is 25.3 Å². The highest BCUT2D eigenvalue weighted by Crippen LogP contribution is 2.46. The van der Waals surface area contributed by atoms with E-state index in [-0.39, 0.29) is 6.10 Å². The third-order valence-electron chi connectivity index (χ3n) is 5.32. The molecular weight excluding hydrogens is 298 g/mol. The van der Waals surface area contributed by atoms with Gasteiger partial charge in [0.05, 0.1) is 5.57 Å². The monoisotopic (exact) mass is 319 g/mol. The van der Waals surface area contributed by atoms with E-state index in [0.717, 1.165) is 12.1 Å². The normalized spacial score (nSPS) is 25.0. The molecule has 2 aliphatic heterocycles. The van der Waals surface area contributed by atoms with Gasteiger partial charge in [-0.05, 0) is 41.6 Å². The molecule has 0 spiro atoms. The first-order valence-corrected chi connectivity index (χ1v) is 8.88. The van der Waals surface area contributed by atoms with Gasteiger partial charge >= 0.3 is 0 Å². The fourth-order valence-corrected chi connectivity index (χ4v) is 4.13. The highest BCUT2D eigenvalue weighted by molar-refractivity contribution is 6.01. The van der Waals surface area contributed by atoms with Crippen LogP contribution in [0.15, 0.2) is 54.5 Å². The zero-order chi connectivity index (χ0) is 15.9. The van der Waals surface area contributed by atoms with Crippen LogP contribution in [0, 0.1) is 0 Å². The van der Waals surface area contributed by atoms with Crippen LogP contribution < -0.4 is 5.32 Å².